The molecule has 1 fully saturated rings. The molecule has 2 aromatic heterocycles. The van der Waals surface area contributed by atoms with Crippen LogP contribution >= 0.6 is 0 Å². The minimum Gasteiger partial charge on any atom is -0.354 e. The molecule has 1 saturated heterocycles. The zero-order valence-corrected chi connectivity index (χ0v) is 16.7. The first-order valence-electron chi connectivity index (χ1n) is 9.42. The van der Waals surface area contributed by atoms with Crippen LogP contribution in [0.15, 0.2) is 16.7 Å². The molecule has 0 aromatic carbocycles. The van der Waals surface area contributed by atoms with Gasteiger partial charge in [0, 0.05) is 49.9 Å². The normalized spacial score (nSPS) is 16.6. The minimum absolute atomic E-state index is 0.0837. The van der Waals surface area contributed by atoms with Crippen LogP contribution in [0.4, 0.5) is 11.7 Å². The van der Waals surface area contributed by atoms with Gasteiger partial charge in [-0.2, -0.15) is 0 Å². The van der Waals surface area contributed by atoms with Crippen molar-refractivity contribution in [1.82, 2.24) is 20.0 Å². The third-order valence-electron chi connectivity index (χ3n) is 4.81. The van der Waals surface area contributed by atoms with E-state index in [1.165, 1.54) is 0 Å². The van der Waals surface area contributed by atoms with Crippen molar-refractivity contribution in [3.05, 3.63) is 29.3 Å². The quantitative estimate of drug-likeness (QED) is 0.862. The van der Waals surface area contributed by atoms with Gasteiger partial charge in [-0.15, -0.1) is 0 Å². The number of nitrogens with zero attached hydrogens (tertiary/aromatic N) is 5. The SMILES string of the molecule is Cc1cc(NC(=O)C(C)N2CCN(c3cc(C)nc(C(C)C)n3)CC2)on1. The number of hydrogen-bond donors (Lipinski definition) is 1. The Hall–Kier alpha value is -2.48. The Morgan fingerprint density at radius 1 is 1.07 bits per heavy atom. The van der Waals surface area contributed by atoms with Gasteiger partial charge in [0.15, 0.2) is 0 Å². The highest BCUT2D eigenvalue weighted by molar-refractivity contribution is 5.93. The number of anilines is 2. The van der Waals surface area contributed by atoms with E-state index >= 15 is 0 Å². The molecule has 8 nitrogen and oxygen atoms in total. The second-order valence-corrected chi connectivity index (χ2v) is 7.40. The standard InChI is InChI=1S/C19H28N6O2/c1-12(2)18-20-13(3)10-16(21-18)25-8-6-24(7-9-25)15(5)19(26)22-17-11-14(4)23-27-17/h10-12,15H,6-9H2,1-5H3,(H,22,26). The number of carbonyl (C=O) groups excluding carboxylic acids is 1. The van der Waals surface area contributed by atoms with Crippen LogP contribution in [0.5, 0.6) is 0 Å². The fourth-order valence-corrected chi connectivity index (χ4v) is 3.15. The van der Waals surface area contributed by atoms with E-state index < -0.39 is 0 Å². The third-order valence-corrected chi connectivity index (χ3v) is 4.81. The fraction of sp³-hybridized carbons (Fsp3) is 0.579. The van der Waals surface area contributed by atoms with Gasteiger partial charge in [0.2, 0.25) is 11.8 Å². The summed E-state index contributed by atoms with van der Waals surface area (Å²) in [7, 11) is 0. The van der Waals surface area contributed by atoms with Crippen LogP contribution in [0.2, 0.25) is 0 Å². The summed E-state index contributed by atoms with van der Waals surface area (Å²) in [5.41, 5.74) is 1.73. The topological polar surface area (TPSA) is 87.4 Å². The van der Waals surface area contributed by atoms with Crippen molar-refractivity contribution in [2.24, 2.45) is 0 Å². The monoisotopic (exact) mass is 372 g/mol. The summed E-state index contributed by atoms with van der Waals surface area (Å²) in [6.45, 7) is 13.2. The Labute approximate surface area is 159 Å². The number of rotatable bonds is 5. The van der Waals surface area contributed by atoms with Gasteiger partial charge >= 0.3 is 0 Å². The highest BCUT2D eigenvalue weighted by atomic mass is 16.5. The predicted octanol–water partition coefficient (Wildman–Crippen LogP) is 2.35. The highest BCUT2D eigenvalue weighted by Gasteiger charge is 2.27. The average molecular weight is 372 g/mol. The molecule has 1 atom stereocenters. The number of piperazine rings is 1. The van der Waals surface area contributed by atoms with Gasteiger partial charge in [-0.3, -0.25) is 15.0 Å². The lowest BCUT2D eigenvalue weighted by Gasteiger charge is -2.38. The van der Waals surface area contributed by atoms with Gasteiger partial charge in [0.25, 0.3) is 0 Å². The van der Waals surface area contributed by atoms with Crippen molar-refractivity contribution in [1.29, 1.82) is 0 Å². The molecule has 0 radical (unpaired) electrons. The summed E-state index contributed by atoms with van der Waals surface area (Å²) in [6, 6.07) is 3.51. The van der Waals surface area contributed by atoms with Crippen molar-refractivity contribution in [2.75, 3.05) is 36.4 Å². The average Bonchev–Trinajstić information content (AvgIpc) is 3.05. The molecule has 0 saturated carbocycles. The zero-order valence-electron chi connectivity index (χ0n) is 16.7. The van der Waals surface area contributed by atoms with E-state index in [1.54, 1.807) is 6.07 Å². The Morgan fingerprint density at radius 2 is 1.78 bits per heavy atom. The van der Waals surface area contributed by atoms with Crippen molar-refractivity contribution >= 4 is 17.6 Å². The Morgan fingerprint density at radius 3 is 2.37 bits per heavy atom. The molecule has 1 aliphatic rings. The maximum Gasteiger partial charge on any atom is 0.243 e. The van der Waals surface area contributed by atoms with Gasteiger partial charge in [0.05, 0.1) is 11.7 Å². The molecule has 3 heterocycles. The summed E-state index contributed by atoms with van der Waals surface area (Å²) in [5, 5.41) is 6.58. The number of hydrogen-bond acceptors (Lipinski definition) is 7. The molecule has 0 bridgehead atoms. The molecule has 0 spiro atoms. The Balaban J connectivity index is 1.59. The molecule has 1 N–H and O–H groups in total. The summed E-state index contributed by atoms with van der Waals surface area (Å²) < 4.78 is 5.07. The van der Waals surface area contributed by atoms with Gasteiger partial charge in [-0.25, -0.2) is 9.97 Å². The molecule has 1 amide bonds. The summed E-state index contributed by atoms with van der Waals surface area (Å²) in [5.74, 6) is 2.45. The van der Waals surface area contributed by atoms with Crippen LogP contribution in [-0.2, 0) is 4.79 Å². The van der Waals surface area contributed by atoms with Gasteiger partial charge in [0.1, 0.15) is 11.6 Å². The molecular weight excluding hydrogens is 344 g/mol. The number of carbonyl (C=O) groups is 1. The molecule has 27 heavy (non-hydrogen) atoms. The lowest BCUT2D eigenvalue weighted by molar-refractivity contribution is -0.121. The smallest absolute Gasteiger partial charge is 0.243 e. The minimum atomic E-state index is -0.240. The molecular formula is C19H28N6O2. The van der Waals surface area contributed by atoms with Gasteiger partial charge < -0.3 is 9.42 Å². The largest absolute Gasteiger partial charge is 0.354 e. The number of amides is 1. The summed E-state index contributed by atoms with van der Waals surface area (Å²) in [6.07, 6.45) is 0. The first kappa shape index (κ1) is 19.3. The van der Waals surface area contributed by atoms with Gasteiger partial charge in [-0.05, 0) is 20.8 Å². The predicted molar refractivity (Wildman–Crippen MR) is 104 cm³/mol. The maximum absolute atomic E-state index is 12.5. The first-order chi connectivity index (χ1) is 12.8. The fourth-order valence-electron chi connectivity index (χ4n) is 3.15. The molecule has 0 aliphatic carbocycles. The van der Waals surface area contributed by atoms with E-state index in [0.717, 1.165) is 49.2 Å². The first-order valence-corrected chi connectivity index (χ1v) is 9.42. The van der Waals surface area contributed by atoms with Crippen LogP contribution in [0.3, 0.4) is 0 Å². The maximum atomic E-state index is 12.5. The van der Waals surface area contributed by atoms with Crippen LogP contribution in [0, 0.1) is 13.8 Å². The van der Waals surface area contributed by atoms with E-state index in [2.05, 4.69) is 39.1 Å². The number of nitrogens with one attached hydrogen (secondary N) is 1. The van der Waals surface area contributed by atoms with Crippen molar-refractivity contribution in [3.63, 3.8) is 0 Å². The van der Waals surface area contributed by atoms with Crippen LogP contribution in [-0.4, -0.2) is 58.2 Å². The van der Waals surface area contributed by atoms with Crippen molar-refractivity contribution in [3.8, 4) is 0 Å². The van der Waals surface area contributed by atoms with Crippen LogP contribution in [0.1, 0.15) is 43.9 Å². The van der Waals surface area contributed by atoms with E-state index in [4.69, 9.17) is 9.51 Å². The van der Waals surface area contributed by atoms with Crippen LogP contribution in [0.25, 0.3) is 0 Å². The molecule has 2 aromatic rings. The molecule has 8 heteroatoms. The van der Waals surface area contributed by atoms with Crippen molar-refractivity contribution < 1.29 is 9.32 Å². The Kier molecular flexibility index (Phi) is 5.74. The van der Waals surface area contributed by atoms with Crippen molar-refractivity contribution in [2.45, 2.75) is 46.6 Å². The molecule has 1 aliphatic heterocycles. The van der Waals surface area contributed by atoms with E-state index in [1.807, 2.05) is 26.8 Å². The zero-order chi connectivity index (χ0) is 19.6. The summed E-state index contributed by atoms with van der Waals surface area (Å²) in [4.78, 5) is 26.1. The summed E-state index contributed by atoms with van der Waals surface area (Å²) >= 11 is 0. The molecule has 146 valence electrons. The lowest BCUT2D eigenvalue weighted by atomic mass is 10.2. The molecule has 3 rings (SSSR count). The highest BCUT2D eigenvalue weighted by Crippen LogP contribution is 2.19. The van der Waals surface area contributed by atoms with Gasteiger partial charge in [-0.1, -0.05) is 19.0 Å². The van der Waals surface area contributed by atoms with E-state index in [-0.39, 0.29) is 11.9 Å². The lowest BCUT2D eigenvalue weighted by Crippen LogP contribution is -2.53. The number of aryl methyl sites for hydroxylation is 2. The van der Waals surface area contributed by atoms with Crippen LogP contribution < -0.4 is 10.2 Å². The Bertz CT molecular complexity index is 795. The second-order valence-electron chi connectivity index (χ2n) is 7.40. The van der Waals surface area contributed by atoms with E-state index in [9.17, 15) is 4.79 Å². The number of aromatic nitrogens is 3. The van der Waals surface area contributed by atoms with E-state index in [0.29, 0.717) is 11.8 Å². The second kappa shape index (κ2) is 8.04. The molecule has 1 unspecified atom stereocenters. The third kappa shape index (κ3) is 4.63.